The third kappa shape index (κ3) is 2.56. The van der Waals surface area contributed by atoms with Crippen molar-refractivity contribution in [1.82, 2.24) is 4.90 Å². The molecule has 0 saturated carbocycles. The third-order valence-electron chi connectivity index (χ3n) is 3.62. The average Bonchev–Trinajstić information content (AvgIpc) is 2.54. The van der Waals surface area contributed by atoms with Crippen LogP contribution in [-0.4, -0.2) is 36.3 Å². The van der Waals surface area contributed by atoms with E-state index < -0.39 is 0 Å². The molecule has 3 heteroatoms. The molecule has 88 valence electrons. The van der Waals surface area contributed by atoms with Crippen molar-refractivity contribution in [3.63, 3.8) is 0 Å². The topological polar surface area (TPSA) is 24.8 Å². The molecule has 0 amide bonds. The van der Waals surface area contributed by atoms with Crippen LogP contribution in [0.25, 0.3) is 0 Å². The SMILES string of the molecule is CC#CCCON=C1C[C@H]2CC[C@@H](C1)N2C. The molecule has 16 heavy (non-hydrogen) atoms. The number of hydrogen-bond acceptors (Lipinski definition) is 3. The van der Waals surface area contributed by atoms with E-state index in [0.717, 1.165) is 19.3 Å². The van der Waals surface area contributed by atoms with E-state index in [-0.39, 0.29) is 0 Å². The van der Waals surface area contributed by atoms with Crippen LogP contribution in [0.3, 0.4) is 0 Å². The van der Waals surface area contributed by atoms with Gasteiger partial charge in [-0.15, -0.1) is 5.92 Å². The van der Waals surface area contributed by atoms with E-state index >= 15 is 0 Å². The summed E-state index contributed by atoms with van der Waals surface area (Å²) in [5.41, 5.74) is 1.25. The molecule has 2 saturated heterocycles. The predicted octanol–water partition coefficient (Wildman–Crippen LogP) is 2.03. The Kier molecular flexibility index (Phi) is 3.84. The first-order valence-corrected chi connectivity index (χ1v) is 6.10. The van der Waals surface area contributed by atoms with Gasteiger partial charge in [-0.1, -0.05) is 11.1 Å². The zero-order valence-electron chi connectivity index (χ0n) is 10.2. The van der Waals surface area contributed by atoms with Gasteiger partial charge in [0.2, 0.25) is 0 Å². The molecule has 0 aromatic heterocycles. The van der Waals surface area contributed by atoms with Gasteiger partial charge in [-0.2, -0.15) is 0 Å². The van der Waals surface area contributed by atoms with Gasteiger partial charge in [0, 0.05) is 31.3 Å². The largest absolute Gasteiger partial charge is 0.395 e. The maximum absolute atomic E-state index is 5.30. The summed E-state index contributed by atoms with van der Waals surface area (Å²) in [7, 11) is 2.23. The highest BCUT2D eigenvalue weighted by atomic mass is 16.6. The van der Waals surface area contributed by atoms with E-state index in [1.165, 1.54) is 18.6 Å². The van der Waals surface area contributed by atoms with Gasteiger partial charge in [0.15, 0.2) is 0 Å². The number of hydrogen-bond donors (Lipinski definition) is 0. The van der Waals surface area contributed by atoms with Crippen molar-refractivity contribution in [3.05, 3.63) is 0 Å². The Bertz CT molecular complexity index is 311. The van der Waals surface area contributed by atoms with Gasteiger partial charge in [0.1, 0.15) is 6.61 Å². The Morgan fingerprint density at radius 1 is 1.38 bits per heavy atom. The van der Waals surface area contributed by atoms with Gasteiger partial charge in [-0.25, -0.2) is 0 Å². The monoisotopic (exact) mass is 220 g/mol. The van der Waals surface area contributed by atoms with Crippen molar-refractivity contribution in [2.45, 2.75) is 51.1 Å². The highest BCUT2D eigenvalue weighted by molar-refractivity contribution is 5.86. The maximum atomic E-state index is 5.30. The third-order valence-corrected chi connectivity index (χ3v) is 3.62. The lowest BCUT2D eigenvalue weighted by Crippen LogP contribution is -2.40. The van der Waals surface area contributed by atoms with E-state index in [2.05, 4.69) is 28.9 Å². The number of piperidine rings is 1. The minimum Gasteiger partial charge on any atom is -0.395 e. The summed E-state index contributed by atoms with van der Waals surface area (Å²) < 4.78 is 0. The number of oxime groups is 1. The van der Waals surface area contributed by atoms with Gasteiger partial charge < -0.3 is 4.84 Å². The molecule has 2 heterocycles. The molecule has 2 bridgehead atoms. The van der Waals surface area contributed by atoms with Crippen LogP contribution in [0, 0.1) is 11.8 Å². The van der Waals surface area contributed by atoms with Crippen molar-refractivity contribution in [1.29, 1.82) is 0 Å². The van der Waals surface area contributed by atoms with E-state index in [9.17, 15) is 0 Å². The summed E-state index contributed by atoms with van der Waals surface area (Å²) in [6.07, 6.45) is 5.60. The van der Waals surface area contributed by atoms with Crippen LogP contribution >= 0.6 is 0 Å². The van der Waals surface area contributed by atoms with Crippen LogP contribution < -0.4 is 0 Å². The van der Waals surface area contributed by atoms with E-state index in [1.807, 2.05) is 6.92 Å². The summed E-state index contributed by atoms with van der Waals surface area (Å²) in [6, 6.07) is 1.41. The molecule has 2 fully saturated rings. The molecule has 2 rings (SSSR count). The molecule has 0 aromatic carbocycles. The molecule has 2 aliphatic heterocycles. The molecule has 0 aliphatic carbocycles. The molecule has 0 aromatic rings. The quantitative estimate of drug-likeness (QED) is 0.413. The second-order valence-electron chi connectivity index (χ2n) is 4.63. The van der Waals surface area contributed by atoms with E-state index in [1.54, 1.807) is 0 Å². The Morgan fingerprint density at radius 2 is 2.06 bits per heavy atom. The van der Waals surface area contributed by atoms with Crippen LogP contribution in [0.5, 0.6) is 0 Å². The number of rotatable bonds is 3. The summed E-state index contributed by atoms with van der Waals surface area (Å²) in [5, 5.41) is 4.25. The van der Waals surface area contributed by atoms with Gasteiger partial charge in [-0.3, -0.25) is 4.90 Å². The minimum atomic E-state index is 0.621. The second-order valence-corrected chi connectivity index (χ2v) is 4.63. The molecule has 0 spiro atoms. The van der Waals surface area contributed by atoms with Gasteiger partial charge >= 0.3 is 0 Å². The summed E-state index contributed by atoms with van der Waals surface area (Å²) in [6.45, 7) is 2.47. The zero-order chi connectivity index (χ0) is 11.4. The van der Waals surface area contributed by atoms with Crippen LogP contribution in [0.1, 0.15) is 39.0 Å². The highest BCUT2D eigenvalue weighted by Crippen LogP contribution is 2.32. The fraction of sp³-hybridized carbons (Fsp3) is 0.769. The smallest absolute Gasteiger partial charge is 0.128 e. The Morgan fingerprint density at radius 3 is 2.69 bits per heavy atom. The van der Waals surface area contributed by atoms with Gasteiger partial charge in [0.05, 0.1) is 5.71 Å². The van der Waals surface area contributed by atoms with Crippen LogP contribution in [-0.2, 0) is 4.84 Å². The van der Waals surface area contributed by atoms with E-state index in [4.69, 9.17) is 4.84 Å². The molecular formula is C13H20N2O. The first-order chi connectivity index (χ1) is 7.81. The second kappa shape index (κ2) is 5.36. The number of fused-ring (bicyclic) bond motifs is 2. The van der Waals surface area contributed by atoms with E-state index in [0.29, 0.717) is 18.7 Å². The van der Waals surface area contributed by atoms with Crippen molar-refractivity contribution in [2.24, 2.45) is 5.16 Å². The Labute approximate surface area is 97.8 Å². The molecule has 0 unspecified atom stereocenters. The molecule has 2 atom stereocenters. The molecule has 2 aliphatic rings. The molecular weight excluding hydrogens is 200 g/mol. The lowest BCUT2D eigenvalue weighted by atomic mass is 10.0. The van der Waals surface area contributed by atoms with Crippen molar-refractivity contribution < 1.29 is 4.84 Å². The first kappa shape index (κ1) is 11.5. The fourth-order valence-electron chi connectivity index (χ4n) is 2.64. The molecule has 0 N–H and O–H groups in total. The maximum Gasteiger partial charge on any atom is 0.128 e. The normalized spacial score (nSPS) is 31.2. The lowest BCUT2D eigenvalue weighted by Gasteiger charge is -2.31. The summed E-state index contributed by atoms with van der Waals surface area (Å²) >= 11 is 0. The van der Waals surface area contributed by atoms with Gasteiger partial charge in [-0.05, 0) is 26.8 Å². The van der Waals surface area contributed by atoms with Crippen LogP contribution in [0.4, 0.5) is 0 Å². The predicted molar refractivity (Wildman–Crippen MR) is 65.3 cm³/mol. The van der Waals surface area contributed by atoms with Crippen molar-refractivity contribution >= 4 is 5.71 Å². The van der Waals surface area contributed by atoms with Crippen molar-refractivity contribution in [2.75, 3.05) is 13.7 Å². The minimum absolute atomic E-state index is 0.621. The summed E-state index contributed by atoms with van der Waals surface area (Å²) in [4.78, 5) is 7.80. The lowest BCUT2D eigenvalue weighted by molar-refractivity contribution is 0.144. The van der Waals surface area contributed by atoms with Crippen LogP contribution in [0.15, 0.2) is 5.16 Å². The highest BCUT2D eigenvalue weighted by Gasteiger charge is 2.36. The van der Waals surface area contributed by atoms with Gasteiger partial charge in [0.25, 0.3) is 0 Å². The summed E-state index contributed by atoms with van der Waals surface area (Å²) in [5.74, 6) is 5.82. The zero-order valence-corrected chi connectivity index (χ0v) is 10.2. The molecule has 0 radical (unpaired) electrons. The average molecular weight is 220 g/mol. The molecule has 3 nitrogen and oxygen atoms in total. The Hall–Kier alpha value is -1.01. The first-order valence-electron chi connectivity index (χ1n) is 6.10. The number of nitrogens with zero attached hydrogens (tertiary/aromatic N) is 2. The van der Waals surface area contributed by atoms with Crippen molar-refractivity contribution in [3.8, 4) is 11.8 Å². The Balaban J connectivity index is 1.78. The van der Waals surface area contributed by atoms with Crippen LogP contribution in [0.2, 0.25) is 0 Å². The standard InChI is InChI=1S/C13H20N2O/c1-3-4-5-8-16-14-11-9-12-6-7-13(10-11)15(12)2/h12-13H,5-10H2,1-2H3/t12-,13+. The fourth-order valence-corrected chi connectivity index (χ4v) is 2.64.